The van der Waals surface area contributed by atoms with Crippen LogP contribution in [-0.4, -0.2) is 17.3 Å². The molecule has 2 heteroatoms. The summed E-state index contributed by atoms with van der Waals surface area (Å²) in [5.41, 5.74) is 0.583. The van der Waals surface area contributed by atoms with E-state index in [1.807, 2.05) is 0 Å². The Morgan fingerprint density at radius 1 is 1.14 bits per heavy atom. The molecule has 0 amide bonds. The van der Waals surface area contributed by atoms with Gasteiger partial charge in [-0.05, 0) is 41.9 Å². The van der Waals surface area contributed by atoms with Crippen molar-refractivity contribution < 1.29 is 0 Å². The topological polar surface area (TPSA) is 0 Å². The van der Waals surface area contributed by atoms with Gasteiger partial charge in [-0.3, -0.25) is 0 Å². The van der Waals surface area contributed by atoms with Crippen LogP contribution in [0.5, 0.6) is 0 Å². The van der Waals surface area contributed by atoms with Gasteiger partial charge in [0.05, 0.1) is 0 Å². The van der Waals surface area contributed by atoms with Crippen molar-refractivity contribution in [2.24, 2.45) is 5.41 Å². The van der Waals surface area contributed by atoms with Crippen molar-refractivity contribution in [2.75, 3.05) is 17.3 Å². The summed E-state index contributed by atoms with van der Waals surface area (Å²) in [5.74, 6) is 3.78. The fourth-order valence-corrected chi connectivity index (χ4v) is 4.10. The van der Waals surface area contributed by atoms with Crippen molar-refractivity contribution in [1.29, 1.82) is 0 Å². The zero-order valence-corrected chi connectivity index (χ0v) is 11.1. The van der Waals surface area contributed by atoms with Gasteiger partial charge in [-0.15, -0.1) is 0 Å². The maximum atomic E-state index is 4.59. The lowest BCUT2D eigenvalue weighted by Gasteiger charge is -2.30. The summed E-state index contributed by atoms with van der Waals surface area (Å²) in [7, 11) is 0. The summed E-state index contributed by atoms with van der Waals surface area (Å²) in [6.45, 7) is 2.27. The molecule has 0 atom stereocenters. The minimum absolute atomic E-state index is 0.583. The fourth-order valence-electron chi connectivity index (χ4n) is 2.26. The first-order valence-electron chi connectivity index (χ1n) is 6.01. The lowest BCUT2D eigenvalue weighted by molar-refractivity contribution is 0.332. The predicted octanol–water partition coefficient (Wildman–Crippen LogP) is 4.40. The average Bonchev–Trinajstić information content (AvgIpc) is 2.45. The third kappa shape index (κ3) is 4.06. The predicted molar refractivity (Wildman–Crippen MR) is 71.6 cm³/mol. The summed E-state index contributed by atoms with van der Waals surface area (Å²) in [5, 5.41) is 0. The maximum Gasteiger partial charge on any atom is -0.000300 e. The summed E-state index contributed by atoms with van der Waals surface area (Å²) < 4.78 is 0. The Morgan fingerprint density at radius 3 is 2.29 bits per heavy atom. The minimum Gasteiger partial charge on any atom is -0.179 e. The molecule has 1 fully saturated rings. The molecule has 0 aromatic rings. The van der Waals surface area contributed by atoms with Crippen molar-refractivity contribution in [3.63, 3.8) is 0 Å². The number of thioether (sulfide) groups is 1. The Hall–Kier alpha value is 0.700. The summed E-state index contributed by atoms with van der Waals surface area (Å²) in [6, 6.07) is 0. The Bertz CT molecular complexity index is 137. The van der Waals surface area contributed by atoms with Gasteiger partial charge in [0.1, 0.15) is 0 Å². The molecule has 0 bridgehead atoms. The third-order valence-corrected chi connectivity index (χ3v) is 5.44. The van der Waals surface area contributed by atoms with Crippen LogP contribution in [0.15, 0.2) is 0 Å². The molecule has 0 spiro atoms. The van der Waals surface area contributed by atoms with Gasteiger partial charge in [0.15, 0.2) is 0 Å². The lowest BCUT2D eigenvalue weighted by Crippen LogP contribution is -2.25. The molecule has 0 saturated heterocycles. The van der Waals surface area contributed by atoms with Crippen molar-refractivity contribution in [2.45, 2.75) is 51.9 Å². The van der Waals surface area contributed by atoms with Gasteiger partial charge in [-0.1, -0.05) is 32.6 Å². The molecule has 0 N–H and O–H groups in total. The molecule has 1 aliphatic rings. The zero-order valence-electron chi connectivity index (χ0n) is 9.43. The molecule has 0 radical (unpaired) electrons. The molecule has 1 aliphatic carbocycles. The Balaban J connectivity index is 2.37. The van der Waals surface area contributed by atoms with Crippen LogP contribution in [-0.2, 0) is 0 Å². The zero-order chi connectivity index (χ0) is 10.3. The summed E-state index contributed by atoms with van der Waals surface area (Å²) in [6.07, 6.45) is 9.94. The van der Waals surface area contributed by atoms with Gasteiger partial charge in [0, 0.05) is 0 Å². The smallest absolute Gasteiger partial charge is 0.000300 e. The molecule has 1 rings (SSSR count). The van der Waals surface area contributed by atoms with E-state index in [-0.39, 0.29) is 0 Å². The maximum absolute atomic E-state index is 4.59. The lowest BCUT2D eigenvalue weighted by atomic mass is 9.84. The van der Waals surface area contributed by atoms with Gasteiger partial charge in [0.2, 0.25) is 0 Å². The quantitative estimate of drug-likeness (QED) is 0.416. The first kappa shape index (κ1) is 12.8. The van der Waals surface area contributed by atoms with Gasteiger partial charge in [0.25, 0.3) is 0 Å². The molecule has 1 saturated carbocycles. The van der Waals surface area contributed by atoms with Crippen molar-refractivity contribution in [3.8, 4) is 0 Å². The van der Waals surface area contributed by atoms with E-state index in [1.54, 1.807) is 0 Å². The Labute approximate surface area is 99.0 Å². The van der Waals surface area contributed by atoms with Crippen LogP contribution < -0.4 is 0 Å². The summed E-state index contributed by atoms with van der Waals surface area (Å²) >= 11 is 6.73. The highest BCUT2D eigenvalue weighted by molar-refractivity contribution is 7.99. The molecule has 0 aromatic carbocycles. The molecule has 0 nitrogen and oxygen atoms in total. The van der Waals surface area contributed by atoms with Gasteiger partial charge >= 0.3 is 0 Å². The molecule has 0 aromatic heterocycles. The van der Waals surface area contributed by atoms with Crippen LogP contribution in [0.2, 0.25) is 0 Å². The number of hydrogen-bond donors (Lipinski definition) is 1. The van der Waals surface area contributed by atoms with Crippen molar-refractivity contribution in [3.05, 3.63) is 0 Å². The number of hydrogen-bond acceptors (Lipinski definition) is 2. The third-order valence-electron chi connectivity index (χ3n) is 3.26. The second-order valence-corrected chi connectivity index (χ2v) is 6.05. The van der Waals surface area contributed by atoms with Gasteiger partial charge in [-0.2, -0.15) is 24.4 Å². The van der Waals surface area contributed by atoms with E-state index in [0.717, 1.165) is 5.75 Å². The van der Waals surface area contributed by atoms with Crippen LogP contribution in [0, 0.1) is 5.41 Å². The molecule has 0 unspecified atom stereocenters. The van der Waals surface area contributed by atoms with Crippen LogP contribution in [0.3, 0.4) is 0 Å². The Morgan fingerprint density at radius 2 is 1.79 bits per heavy atom. The van der Waals surface area contributed by atoms with E-state index in [2.05, 4.69) is 31.3 Å². The SMILES string of the molecule is CCCSCC1(CS)CCCCCC1. The first-order valence-corrected chi connectivity index (χ1v) is 7.80. The van der Waals surface area contributed by atoms with E-state index >= 15 is 0 Å². The first-order chi connectivity index (χ1) is 6.83. The average molecular weight is 232 g/mol. The molecular formula is C12H24S2. The number of rotatable bonds is 5. The van der Waals surface area contributed by atoms with Crippen LogP contribution in [0.1, 0.15) is 51.9 Å². The minimum atomic E-state index is 0.583. The van der Waals surface area contributed by atoms with Crippen molar-refractivity contribution in [1.82, 2.24) is 0 Å². The van der Waals surface area contributed by atoms with Crippen LogP contribution in [0.4, 0.5) is 0 Å². The molecule has 14 heavy (non-hydrogen) atoms. The largest absolute Gasteiger partial charge is 0.179 e. The van der Waals surface area contributed by atoms with Gasteiger partial charge in [-0.25, -0.2) is 0 Å². The van der Waals surface area contributed by atoms with E-state index in [1.165, 1.54) is 56.5 Å². The van der Waals surface area contributed by atoms with Crippen molar-refractivity contribution >= 4 is 24.4 Å². The second kappa shape index (κ2) is 7.05. The van der Waals surface area contributed by atoms with Crippen LogP contribution >= 0.6 is 24.4 Å². The second-order valence-electron chi connectivity index (χ2n) is 4.62. The molecule has 84 valence electrons. The molecular weight excluding hydrogens is 208 g/mol. The standard InChI is InChI=1S/C12H24S2/c1-2-9-14-11-12(10-13)7-5-3-4-6-8-12/h13H,2-11H2,1H3. The van der Waals surface area contributed by atoms with E-state index in [0.29, 0.717) is 5.41 Å². The molecule has 0 heterocycles. The fraction of sp³-hybridized carbons (Fsp3) is 1.00. The monoisotopic (exact) mass is 232 g/mol. The number of thiol groups is 1. The van der Waals surface area contributed by atoms with Crippen LogP contribution in [0.25, 0.3) is 0 Å². The van der Waals surface area contributed by atoms with Gasteiger partial charge < -0.3 is 0 Å². The normalized spacial score (nSPS) is 21.9. The van der Waals surface area contributed by atoms with E-state index < -0.39 is 0 Å². The highest BCUT2D eigenvalue weighted by atomic mass is 32.2. The van der Waals surface area contributed by atoms with E-state index in [4.69, 9.17) is 0 Å². The summed E-state index contributed by atoms with van der Waals surface area (Å²) in [4.78, 5) is 0. The highest BCUT2D eigenvalue weighted by Gasteiger charge is 2.28. The Kier molecular flexibility index (Phi) is 6.43. The molecule has 0 aliphatic heterocycles. The van der Waals surface area contributed by atoms with E-state index in [9.17, 15) is 0 Å². The highest BCUT2D eigenvalue weighted by Crippen LogP contribution is 2.38.